The van der Waals surface area contributed by atoms with Crippen molar-refractivity contribution in [2.75, 3.05) is 18.5 Å². The highest BCUT2D eigenvalue weighted by Gasteiger charge is 2.54. The molecule has 0 aromatic heterocycles. The average molecular weight is 356 g/mol. The van der Waals surface area contributed by atoms with Gasteiger partial charge in [0.1, 0.15) is 5.75 Å². The van der Waals surface area contributed by atoms with Gasteiger partial charge in [-0.2, -0.15) is 0 Å². The smallest absolute Gasteiger partial charge is 0.257 e. The molecule has 0 heterocycles. The van der Waals surface area contributed by atoms with Crippen LogP contribution in [0.5, 0.6) is 5.75 Å². The molecule has 5 nitrogen and oxygen atoms in total. The van der Waals surface area contributed by atoms with Crippen molar-refractivity contribution < 1.29 is 14.3 Å². The first kappa shape index (κ1) is 17.4. The average Bonchev–Trinajstić information content (AvgIpc) is 2.59. The monoisotopic (exact) mass is 356 g/mol. The van der Waals surface area contributed by atoms with Crippen LogP contribution in [0.15, 0.2) is 24.3 Å². The van der Waals surface area contributed by atoms with E-state index in [0.29, 0.717) is 12.3 Å². The number of carbonyl (C=O) groups excluding carboxylic acids is 2. The summed E-state index contributed by atoms with van der Waals surface area (Å²) in [5.74, 6) is 2.88. The zero-order valence-electron chi connectivity index (χ0n) is 15.4. The molecule has 2 N–H and O–H groups in total. The molecule has 4 aliphatic carbocycles. The quantitative estimate of drug-likeness (QED) is 0.821. The van der Waals surface area contributed by atoms with Crippen molar-refractivity contribution in [2.45, 2.75) is 45.4 Å². The van der Waals surface area contributed by atoms with Crippen molar-refractivity contribution in [3.63, 3.8) is 0 Å². The Labute approximate surface area is 154 Å². The number of ether oxygens (including phenoxy) is 1. The Kier molecular flexibility index (Phi) is 4.63. The first-order chi connectivity index (χ1) is 12.6. The predicted octanol–water partition coefficient (Wildman–Crippen LogP) is 3.36. The summed E-state index contributed by atoms with van der Waals surface area (Å²) < 4.78 is 5.53. The normalized spacial score (nSPS) is 31.5. The van der Waals surface area contributed by atoms with Crippen molar-refractivity contribution >= 4 is 17.5 Å². The Bertz CT molecular complexity index is 665. The van der Waals surface area contributed by atoms with Gasteiger partial charge in [0.15, 0.2) is 6.61 Å². The molecule has 140 valence electrons. The van der Waals surface area contributed by atoms with Gasteiger partial charge in [0.25, 0.3) is 5.91 Å². The third kappa shape index (κ3) is 3.44. The van der Waals surface area contributed by atoms with Gasteiger partial charge in [-0.25, -0.2) is 0 Å². The lowest BCUT2D eigenvalue weighted by molar-refractivity contribution is -0.140. The first-order valence-corrected chi connectivity index (χ1v) is 9.87. The van der Waals surface area contributed by atoms with Crippen LogP contribution in [0.3, 0.4) is 0 Å². The maximum Gasteiger partial charge on any atom is 0.257 e. The molecule has 0 atom stereocenters. The fraction of sp³-hybridized carbons (Fsp3) is 0.619. The SMILES string of the molecule is CCNC(=O)COc1cccc(NC(=O)C23CC4CC(CC(C4)C2)C3)c1. The summed E-state index contributed by atoms with van der Waals surface area (Å²) in [4.78, 5) is 24.6. The number of anilines is 1. The Hall–Kier alpha value is -2.04. The molecule has 4 fully saturated rings. The second-order valence-electron chi connectivity index (χ2n) is 8.42. The highest BCUT2D eigenvalue weighted by Crippen LogP contribution is 2.60. The first-order valence-electron chi connectivity index (χ1n) is 9.87. The van der Waals surface area contributed by atoms with Crippen molar-refractivity contribution in [3.8, 4) is 5.75 Å². The second kappa shape index (κ2) is 6.93. The van der Waals surface area contributed by atoms with Crippen molar-refractivity contribution in [3.05, 3.63) is 24.3 Å². The maximum absolute atomic E-state index is 13.1. The molecule has 4 saturated carbocycles. The van der Waals surface area contributed by atoms with Gasteiger partial charge in [-0.1, -0.05) is 6.07 Å². The minimum Gasteiger partial charge on any atom is -0.484 e. The number of benzene rings is 1. The zero-order chi connectivity index (χ0) is 18.1. The van der Waals surface area contributed by atoms with E-state index in [9.17, 15) is 9.59 Å². The van der Waals surface area contributed by atoms with Crippen LogP contribution in [-0.2, 0) is 9.59 Å². The van der Waals surface area contributed by atoms with Crippen molar-refractivity contribution in [1.82, 2.24) is 5.32 Å². The lowest BCUT2D eigenvalue weighted by atomic mass is 9.49. The molecule has 4 aliphatic rings. The van der Waals surface area contributed by atoms with Gasteiger partial charge in [-0.05, 0) is 75.3 Å². The summed E-state index contributed by atoms with van der Waals surface area (Å²) in [6, 6.07) is 7.34. The Morgan fingerprint density at radius 1 is 1.12 bits per heavy atom. The summed E-state index contributed by atoms with van der Waals surface area (Å²) >= 11 is 0. The second-order valence-corrected chi connectivity index (χ2v) is 8.42. The number of carbonyl (C=O) groups is 2. The van der Waals surface area contributed by atoms with Crippen molar-refractivity contribution in [1.29, 1.82) is 0 Å². The van der Waals surface area contributed by atoms with Gasteiger partial charge in [-0.3, -0.25) is 9.59 Å². The molecule has 1 aromatic rings. The van der Waals surface area contributed by atoms with E-state index in [1.807, 2.05) is 19.1 Å². The lowest BCUT2D eigenvalue weighted by Gasteiger charge is -2.55. The highest BCUT2D eigenvalue weighted by molar-refractivity contribution is 5.95. The number of likely N-dealkylation sites (N-methyl/N-ethyl adjacent to an activating group) is 1. The molecule has 5 rings (SSSR count). The third-order valence-corrected chi connectivity index (χ3v) is 6.36. The number of hydrogen-bond donors (Lipinski definition) is 2. The van der Waals surface area contributed by atoms with Crippen LogP contribution in [0.1, 0.15) is 45.4 Å². The van der Waals surface area contributed by atoms with E-state index in [4.69, 9.17) is 4.74 Å². The minimum atomic E-state index is -0.160. The van der Waals surface area contributed by atoms with E-state index in [2.05, 4.69) is 10.6 Å². The molecule has 0 aliphatic heterocycles. The molecule has 0 radical (unpaired) electrons. The summed E-state index contributed by atoms with van der Waals surface area (Å²) in [6.45, 7) is 2.45. The predicted molar refractivity (Wildman–Crippen MR) is 99.9 cm³/mol. The molecule has 0 spiro atoms. The number of hydrogen-bond acceptors (Lipinski definition) is 3. The Morgan fingerprint density at radius 3 is 2.38 bits per heavy atom. The lowest BCUT2D eigenvalue weighted by Crippen LogP contribution is -2.51. The van der Waals surface area contributed by atoms with Crippen LogP contribution in [0.25, 0.3) is 0 Å². The zero-order valence-corrected chi connectivity index (χ0v) is 15.4. The molecular formula is C21H28N2O3. The summed E-state index contributed by atoms with van der Waals surface area (Å²) in [5.41, 5.74) is 0.589. The summed E-state index contributed by atoms with van der Waals surface area (Å²) in [6.07, 6.45) is 7.15. The van der Waals surface area contributed by atoms with E-state index in [-0.39, 0.29) is 23.8 Å². The standard InChI is InChI=1S/C21H28N2O3/c1-2-22-19(24)13-26-18-5-3-4-17(9-18)23-20(25)21-10-14-6-15(11-21)8-16(7-14)12-21/h3-5,9,14-16H,2,6-8,10-13H2,1H3,(H,22,24)(H,23,25). The molecule has 1 aromatic carbocycles. The van der Waals surface area contributed by atoms with E-state index < -0.39 is 0 Å². The fourth-order valence-corrected chi connectivity index (χ4v) is 5.71. The maximum atomic E-state index is 13.1. The molecule has 4 bridgehead atoms. The van der Waals surface area contributed by atoms with Crippen LogP contribution in [0.4, 0.5) is 5.69 Å². The molecule has 2 amide bonds. The van der Waals surface area contributed by atoms with Crippen LogP contribution < -0.4 is 15.4 Å². The highest BCUT2D eigenvalue weighted by atomic mass is 16.5. The number of amides is 2. The topological polar surface area (TPSA) is 67.4 Å². The molecule has 5 heteroatoms. The largest absolute Gasteiger partial charge is 0.484 e. The van der Waals surface area contributed by atoms with Gasteiger partial charge in [-0.15, -0.1) is 0 Å². The van der Waals surface area contributed by atoms with Gasteiger partial charge >= 0.3 is 0 Å². The van der Waals surface area contributed by atoms with Gasteiger partial charge in [0.05, 0.1) is 5.41 Å². The van der Waals surface area contributed by atoms with Crippen molar-refractivity contribution in [2.24, 2.45) is 23.2 Å². The number of nitrogens with one attached hydrogen (secondary N) is 2. The van der Waals surface area contributed by atoms with Crippen LogP contribution in [-0.4, -0.2) is 25.0 Å². The minimum absolute atomic E-state index is 0.0137. The Balaban J connectivity index is 1.40. The van der Waals surface area contributed by atoms with E-state index in [0.717, 1.165) is 42.7 Å². The number of rotatable bonds is 6. The van der Waals surface area contributed by atoms with E-state index in [1.165, 1.54) is 19.3 Å². The van der Waals surface area contributed by atoms with Gasteiger partial charge in [0.2, 0.25) is 5.91 Å². The third-order valence-electron chi connectivity index (χ3n) is 6.36. The fourth-order valence-electron chi connectivity index (χ4n) is 5.71. The van der Waals surface area contributed by atoms with E-state index >= 15 is 0 Å². The summed E-state index contributed by atoms with van der Waals surface area (Å²) in [7, 11) is 0. The summed E-state index contributed by atoms with van der Waals surface area (Å²) in [5, 5.41) is 5.84. The van der Waals surface area contributed by atoms with Crippen LogP contribution >= 0.6 is 0 Å². The Morgan fingerprint density at radius 2 is 1.77 bits per heavy atom. The molecular weight excluding hydrogens is 328 g/mol. The van der Waals surface area contributed by atoms with Gasteiger partial charge < -0.3 is 15.4 Å². The van der Waals surface area contributed by atoms with Crippen LogP contribution in [0.2, 0.25) is 0 Å². The molecule has 26 heavy (non-hydrogen) atoms. The van der Waals surface area contributed by atoms with E-state index in [1.54, 1.807) is 12.1 Å². The van der Waals surface area contributed by atoms with Crippen LogP contribution in [0, 0.1) is 23.2 Å². The van der Waals surface area contributed by atoms with Gasteiger partial charge in [0, 0.05) is 18.3 Å². The molecule has 0 unspecified atom stereocenters. The molecule has 0 saturated heterocycles.